The van der Waals surface area contributed by atoms with Crippen LogP contribution in [-0.4, -0.2) is 0 Å². The predicted molar refractivity (Wildman–Crippen MR) is 69.9 cm³/mol. The molecule has 0 spiro atoms. The Kier molecular flexibility index (Phi) is 2.29. The summed E-state index contributed by atoms with van der Waals surface area (Å²) >= 11 is 0. The third-order valence-corrected chi connectivity index (χ3v) is 4.09. The van der Waals surface area contributed by atoms with E-state index in [4.69, 9.17) is 0 Å². The van der Waals surface area contributed by atoms with E-state index >= 15 is 0 Å². The van der Waals surface area contributed by atoms with E-state index in [-0.39, 0.29) is 0 Å². The van der Waals surface area contributed by atoms with Crippen LogP contribution < -0.4 is 4.57 Å². The van der Waals surface area contributed by atoms with Crippen LogP contribution in [0.1, 0.15) is 37.1 Å². The second kappa shape index (κ2) is 3.69. The minimum absolute atomic E-state index is 0.529. The molecule has 0 bridgehead atoms. The number of aromatic nitrogens is 1. The SMILES string of the molecule is Cc1cccc2[n+]1C(C)C(C)c1ccccc1-2. The number of hydrogen-bond donors (Lipinski definition) is 0. The van der Waals surface area contributed by atoms with Crippen LogP contribution in [-0.2, 0) is 0 Å². The summed E-state index contributed by atoms with van der Waals surface area (Å²) in [7, 11) is 0. The quantitative estimate of drug-likeness (QED) is 0.602. The number of nitrogens with zero attached hydrogens (tertiary/aromatic N) is 1. The summed E-state index contributed by atoms with van der Waals surface area (Å²) in [5, 5.41) is 0. The van der Waals surface area contributed by atoms with Gasteiger partial charge in [0.05, 0.1) is 0 Å². The molecule has 0 radical (unpaired) electrons. The monoisotopic (exact) mass is 224 g/mol. The van der Waals surface area contributed by atoms with Gasteiger partial charge in [-0.1, -0.05) is 25.1 Å². The molecular weight excluding hydrogens is 206 g/mol. The number of fused-ring (bicyclic) bond motifs is 3. The molecule has 2 atom stereocenters. The summed E-state index contributed by atoms with van der Waals surface area (Å²) in [6.07, 6.45) is 0. The van der Waals surface area contributed by atoms with Crippen molar-refractivity contribution in [3.05, 3.63) is 53.7 Å². The van der Waals surface area contributed by atoms with Crippen molar-refractivity contribution in [3.8, 4) is 11.3 Å². The first-order valence-electron chi connectivity index (χ1n) is 6.30. The Morgan fingerprint density at radius 2 is 1.71 bits per heavy atom. The molecule has 1 heteroatoms. The van der Waals surface area contributed by atoms with Crippen molar-refractivity contribution < 1.29 is 4.57 Å². The van der Waals surface area contributed by atoms with Gasteiger partial charge in [-0.15, -0.1) is 0 Å². The molecule has 0 fully saturated rings. The van der Waals surface area contributed by atoms with Crippen molar-refractivity contribution in [1.29, 1.82) is 0 Å². The number of aryl methyl sites for hydroxylation is 1. The predicted octanol–water partition coefficient (Wildman–Crippen LogP) is 3.63. The third-order valence-electron chi connectivity index (χ3n) is 4.09. The average molecular weight is 224 g/mol. The molecule has 1 nitrogen and oxygen atoms in total. The molecule has 0 amide bonds. The lowest BCUT2D eigenvalue weighted by Crippen LogP contribution is -2.47. The van der Waals surface area contributed by atoms with Crippen molar-refractivity contribution in [2.24, 2.45) is 0 Å². The molecule has 2 unspecified atom stereocenters. The van der Waals surface area contributed by atoms with Crippen molar-refractivity contribution in [1.82, 2.24) is 0 Å². The summed E-state index contributed by atoms with van der Waals surface area (Å²) in [4.78, 5) is 0. The first-order valence-corrected chi connectivity index (χ1v) is 6.30. The highest BCUT2D eigenvalue weighted by atomic mass is 15.0. The maximum Gasteiger partial charge on any atom is 0.213 e. The minimum atomic E-state index is 0.529. The highest BCUT2D eigenvalue weighted by Crippen LogP contribution is 2.37. The zero-order chi connectivity index (χ0) is 12.0. The smallest absolute Gasteiger partial charge is 0.193 e. The summed E-state index contributed by atoms with van der Waals surface area (Å²) in [5.74, 6) is 0.574. The van der Waals surface area contributed by atoms with Gasteiger partial charge in [-0.3, -0.25) is 0 Å². The van der Waals surface area contributed by atoms with Crippen LogP contribution in [0.3, 0.4) is 0 Å². The van der Waals surface area contributed by atoms with Gasteiger partial charge in [0.2, 0.25) is 5.69 Å². The third kappa shape index (κ3) is 1.42. The van der Waals surface area contributed by atoms with E-state index < -0.39 is 0 Å². The molecule has 0 N–H and O–H groups in total. The lowest BCUT2D eigenvalue weighted by Gasteiger charge is -2.26. The maximum atomic E-state index is 2.47. The zero-order valence-corrected chi connectivity index (χ0v) is 10.6. The fourth-order valence-corrected chi connectivity index (χ4v) is 3.00. The first-order chi connectivity index (χ1) is 8.20. The molecule has 0 aliphatic carbocycles. The standard InChI is InChI=1S/C16H18N/c1-11-7-6-10-16-15-9-5-4-8-14(15)12(2)13(3)17(11)16/h4-10,12-13H,1-3H3/q+1. The molecule has 0 saturated heterocycles. The van der Waals surface area contributed by atoms with Crippen LogP contribution in [0.2, 0.25) is 0 Å². The minimum Gasteiger partial charge on any atom is -0.193 e. The van der Waals surface area contributed by atoms with Crippen molar-refractivity contribution in [3.63, 3.8) is 0 Å². The topological polar surface area (TPSA) is 3.88 Å². The van der Waals surface area contributed by atoms with E-state index in [0.29, 0.717) is 12.0 Å². The Hall–Kier alpha value is -1.63. The van der Waals surface area contributed by atoms with Crippen LogP contribution in [0.25, 0.3) is 11.3 Å². The normalized spacial score (nSPS) is 21.8. The Labute approximate surface area is 103 Å². The Morgan fingerprint density at radius 1 is 0.941 bits per heavy atom. The van der Waals surface area contributed by atoms with Gasteiger partial charge >= 0.3 is 0 Å². The largest absolute Gasteiger partial charge is 0.213 e. The van der Waals surface area contributed by atoms with E-state index in [1.165, 1.54) is 22.5 Å². The highest BCUT2D eigenvalue weighted by Gasteiger charge is 2.35. The van der Waals surface area contributed by atoms with E-state index in [0.717, 1.165) is 0 Å². The molecule has 1 aromatic carbocycles. The lowest BCUT2D eigenvalue weighted by molar-refractivity contribution is -0.719. The molecule has 3 rings (SSSR count). The van der Waals surface area contributed by atoms with Crippen molar-refractivity contribution in [2.75, 3.05) is 0 Å². The second-order valence-corrected chi connectivity index (χ2v) is 5.04. The lowest BCUT2D eigenvalue weighted by atomic mass is 9.85. The van der Waals surface area contributed by atoms with Gasteiger partial charge in [0.15, 0.2) is 11.7 Å². The van der Waals surface area contributed by atoms with Gasteiger partial charge in [-0.2, -0.15) is 4.57 Å². The molecule has 1 aromatic heterocycles. The zero-order valence-electron chi connectivity index (χ0n) is 10.6. The molecule has 0 saturated carbocycles. The molecule has 17 heavy (non-hydrogen) atoms. The van der Waals surface area contributed by atoms with Crippen LogP contribution in [0, 0.1) is 6.92 Å². The maximum absolute atomic E-state index is 2.47. The molecule has 1 aliphatic heterocycles. The molecule has 2 aromatic rings. The van der Waals surface area contributed by atoms with E-state index in [1.54, 1.807) is 0 Å². The fourth-order valence-electron chi connectivity index (χ4n) is 3.00. The van der Waals surface area contributed by atoms with Gasteiger partial charge in [-0.25, -0.2) is 0 Å². The highest BCUT2D eigenvalue weighted by molar-refractivity contribution is 5.63. The van der Waals surface area contributed by atoms with Crippen LogP contribution >= 0.6 is 0 Å². The average Bonchev–Trinajstić information content (AvgIpc) is 2.36. The van der Waals surface area contributed by atoms with E-state index in [1.807, 2.05) is 0 Å². The Morgan fingerprint density at radius 3 is 2.53 bits per heavy atom. The molecule has 86 valence electrons. The number of pyridine rings is 1. The Balaban J connectivity index is 2.36. The first kappa shape index (κ1) is 10.5. The van der Waals surface area contributed by atoms with Crippen molar-refractivity contribution >= 4 is 0 Å². The van der Waals surface area contributed by atoms with Crippen LogP contribution in [0.5, 0.6) is 0 Å². The molecule has 2 heterocycles. The number of benzene rings is 1. The molecule has 1 aliphatic rings. The second-order valence-electron chi connectivity index (χ2n) is 5.04. The van der Waals surface area contributed by atoms with Gasteiger partial charge in [0.1, 0.15) is 0 Å². The van der Waals surface area contributed by atoms with E-state index in [2.05, 4.69) is 67.8 Å². The van der Waals surface area contributed by atoms with Gasteiger partial charge in [0.25, 0.3) is 0 Å². The van der Waals surface area contributed by atoms with Crippen molar-refractivity contribution in [2.45, 2.75) is 32.7 Å². The molecular formula is C16H18N+. The number of hydrogen-bond acceptors (Lipinski definition) is 0. The van der Waals surface area contributed by atoms with Gasteiger partial charge in [0, 0.05) is 30.5 Å². The number of rotatable bonds is 0. The fraction of sp³-hybridized carbons (Fsp3) is 0.312. The summed E-state index contributed by atoms with van der Waals surface area (Å²) in [5.41, 5.74) is 5.56. The van der Waals surface area contributed by atoms with Crippen LogP contribution in [0.4, 0.5) is 0 Å². The summed E-state index contributed by atoms with van der Waals surface area (Å²) in [6.45, 7) is 6.84. The van der Waals surface area contributed by atoms with Gasteiger partial charge < -0.3 is 0 Å². The van der Waals surface area contributed by atoms with Crippen LogP contribution in [0.15, 0.2) is 42.5 Å². The van der Waals surface area contributed by atoms with E-state index in [9.17, 15) is 0 Å². The van der Waals surface area contributed by atoms with Gasteiger partial charge in [-0.05, 0) is 24.6 Å². The summed E-state index contributed by atoms with van der Waals surface area (Å²) < 4.78 is 2.47. The Bertz CT molecular complexity index is 571. The summed E-state index contributed by atoms with van der Waals surface area (Å²) in [6, 6.07) is 15.9.